The number of aliphatic carboxylic acids is 1. The summed E-state index contributed by atoms with van der Waals surface area (Å²) in [6.07, 6.45) is 0.170. The molecular formula is C13H24O4. The third kappa shape index (κ3) is 4.36. The second kappa shape index (κ2) is 6.62. The second-order valence-corrected chi connectivity index (χ2v) is 5.09. The van der Waals surface area contributed by atoms with Crippen molar-refractivity contribution >= 4 is 11.9 Å². The Morgan fingerprint density at radius 3 is 1.88 bits per heavy atom. The quantitative estimate of drug-likeness (QED) is 0.699. The highest BCUT2D eigenvalue weighted by molar-refractivity contribution is 5.73. The minimum atomic E-state index is -0.864. The lowest BCUT2D eigenvalue weighted by Gasteiger charge is -2.39. The molecule has 0 saturated heterocycles. The lowest BCUT2D eigenvalue weighted by molar-refractivity contribution is -0.151. The zero-order valence-corrected chi connectivity index (χ0v) is 11.4. The summed E-state index contributed by atoms with van der Waals surface area (Å²) in [5.41, 5.74) is -0.530. The van der Waals surface area contributed by atoms with E-state index in [-0.39, 0.29) is 30.6 Å². The fraction of sp³-hybridized carbons (Fsp3) is 0.846. The minimum absolute atomic E-state index is 0.00114. The molecule has 4 nitrogen and oxygen atoms in total. The van der Waals surface area contributed by atoms with Crippen molar-refractivity contribution in [2.75, 3.05) is 6.61 Å². The Hall–Kier alpha value is -1.06. The summed E-state index contributed by atoms with van der Waals surface area (Å²) in [4.78, 5) is 22.6. The molecule has 0 rings (SSSR count). The number of carboxylic acids is 1. The van der Waals surface area contributed by atoms with E-state index in [4.69, 9.17) is 9.84 Å². The van der Waals surface area contributed by atoms with Gasteiger partial charge in [0.1, 0.15) is 0 Å². The first-order valence-corrected chi connectivity index (χ1v) is 6.13. The van der Waals surface area contributed by atoms with Gasteiger partial charge in [-0.05, 0) is 24.2 Å². The fourth-order valence-electron chi connectivity index (χ4n) is 2.31. The minimum Gasteiger partial charge on any atom is -0.481 e. The molecule has 0 aromatic carbocycles. The van der Waals surface area contributed by atoms with Gasteiger partial charge in [-0.2, -0.15) is 0 Å². The fourth-order valence-corrected chi connectivity index (χ4v) is 2.31. The lowest BCUT2D eigenvalue weighted by atomic mass is 9.64. The predicted molar refractivity (Wildman–Crippen MR) is 65.6 cm³/mol. The Bertz CT molecular complexity index is 261. The predicted octanol–water partition coefficient (Wildman–Crippen LogP) is 2.71. The summed E-state index contributed by atoms with van der Waals surface area (Å²) in [6.45, 7) is 9.92. The van der Waals surface area contributed by atoms with Gasteiger partial charge in [0.25, 0.3) is 0 Å². The van der Waals surface area contributed by atoms with E-state index in [9.17, 15) is 9.59 Å². The summed E-state index contributed by atoms with van der Waals surface area (Å²) >= 11 is 0. The van der Waals surface area contributed by atoms with Crippen LogP contribution in [0.5, 0.6) is 0 Å². The van der Waals surface area contributed by atoms with Crippen LogP contribution in [0.3, 0.4) is 0 Å². The molecule has 100 valence electrons. The molecule has 0 fully saturated rings. The number of ether oxygens (including phenoxy) is 1. The largest absolute Gasteiger partial charge is 0.481 e. The van der Waals surface area contributed by atoms with Crippen molar-refractivity contribution in [2.24, 2.45) is 17.3 Å². The molecule has 0 unspecified atom stereocenters. The first-order chi connectivity index (χ1) is 7.76. The van der Waals surface area contributed by atoms with Gasteiger partial charge in [0, 0.05) is 0 Å². The summed E-state index contributed by atoms with van der Waals surface area (Å²) in [6, 6.07) is 0. The van der Waals surface area contributed by atoms with Gasteiger partial charge < -0.3 is 9.84 Å². The van der Waals surface area contributed by atoms with Crippen LogP contribution in [0.1, 0.15) is 47.5 Å². The average Bonchev–Trinajstić information content (AvgIpc) is 2.15. The number of carboxylic acid groups (broad SMARTS) is 1. The van der Waals surface area contributed by atoms with Crippen LogP contribution in [0, 0.1) is 17.3 Å². The van der Waals surface area contributed by atoms with Gasteiger partial charge in [-0.1, -0.05) is 27.7 Å². The number of esters is 1. The van der Waals surface area contributed by atoms with Crippen molar-refractivity contribution in [3.63, 3.8) is 0 Å². The molecule has 0 amide bonds. The number of carbonyl (C=O) groups is 2. The van der Waals surface area contributed by atoms with Gasteiger partial charge in [0.15, 0.2) is 0 Å². The maximum absolute atomic E-state index is 11.6. The van der Waals surface area contributed by atoms with Crippen molar-refractivity contribution in [1.29, 1.82) is 0 Å². The van der Waals surface area contributed by atoms with Crippen molar-refractivity contribution in [3.05, 3.63) is 0 Å². The molecule has 0 radical (unpaired) electrons. The molecule has 0 saturated carbocycles. The maximum atomic E-state index is 11.6. The Kier molecular flexibility index (Phi) is 6.21. The van der Waals surface area contributed by atoms with Crippen molar-refractivity contribution in [2.45, 2.75) is 47.5 Å². The Morgan fingerprint density at radius 1 is 1.12 bits per heavy atom. The summed E-state index contributed by atoms with van der Waals surface area (Å²) in [5, 5.41) is 9.04. The highest BCUT2D eigenvalue weighted by atomic mass is 16.5. The van der Waals surface area contributed by atoms with Crippen molar-refractivity contribution < 1.29 is 19.4 Å². The van der Waals surface area contributed by atoms with Crippen LogP contribution in [0.4, 0.5) is 0 Å². The van der Waals surface area contributed by atoms with Gasteiger partial charge in [-0.15, -0.1) is 0 Å². The summed E-state index contributed by atoms with van der Waals surface area (Å²) < 4.78 is 4.95. The molecule has 0 aliphatic carbocycles. The zero-order chi connectivity index (χ0) is 13.6. The van der Waals surface area contributed by atoms with Crippen molar-refractivity contribution in [3.8, 4) is 0 Å². The molecule has 0 heterocycles. The lowest BCUT2D eigenvalue weighted by Crippen LogP contribution is -2.38. The average molecular weight is 244 g/mol. The van der Waals surface area contributed by atoms with Gasteiger partial charge in [-0.3, -0.25) is 9.59 Å². The SMILES string of the molecule is CCOC(=O)CC(CC(=O)O)(C(C)C)C(C)C. The van der Waals surface area contributed by atoms with Gasteiger partial charge in [0.05, 0.1) is 19.4 Å². The van der Waals surface area contributed by atoms with Crippen LogP contribution in [-0.2, 0) is 14.3 Å². The molecule has 0 aromatic rings. The van der Waals surface area contributed by atoms with Gasteiger partial charge in [0.2, 0.25) is 0 Å². The molecule has 0 aromatic heterocycles. The number of hydrogen-bond acceptors (Lipinski definition) is 3. The zero-order valence-electron chi connectivity index (χ0n) is 11.4. The van der Waals surface area contributed by atoms with Crippen LogP contribution in [0.25, 0.3) is 0 Å². The third-order valence-corrected chi connectivity index (χ3v) is 3.56. The maximum Gasteiger partial charge on any atom is 0.306 e. The van der Waals surface area contributed by atoms with Crippen LogP contribution < -0.4 is 0 Å². The molecule has 17 heavy (non-hydrogen) atoms. The number of rotatable bonds is 7. The highest BCUT2D eigenvalue weighted by Crippen LogP contribution is 2.42. The van der Waals surface area contributed by atoms with E-state index in [1.807, 2.05) is 27.7 Å². The van der Waals surface area contributed by atoms with Crippen LogP contribution in [-0.4, -0.2) is 23.7 Å². The molecule has 4 heteroatoms. The van der Waals surface area contributed by atoms with E-state index in [1.165, 1.54) is 0 Å². The first kappa shape index (κ1) is 15.9. The second-order valence-electron chi connectivity index (χ2n) is 5.09. The van der Waals surface area contributed by atoms with E-state index in [0.717, 1.165) is 0 Å². The van der Waals surface area contributed by atoms with Gasteiger partial charge >= 0.3 is 11.9 Å². The van der Waals surface area contributed by atoms with E-state index in [0.29, 0.717) is 6.61 Å². The summed E-state index contributed by atoms with van der Waals surface area (Å²) in [5.74, 6) is -0.945. The molecule has 1 N–H and O–H groups in total. The Morgan fingerprint density at radius 2 is 1.59 bits per heavy atom. The topological polar surface area (TPSA) is 63.6 Å². The molecule has 0 atom stereocenters. The summed E-state index contributed by atoms with van der Waals surface area (Å²) in [7, 11) is 0. The van der Waals surface area contributed by atoms with Gasteiger partial charge in [-0.25, -0.2) is 0 Å². The van der Waals surface area contributed by atoms with Crippen LogP contribution in [0.2, 0.25) is 0 Å². The van der Waals surface area contributed by atoms with E-state index >= 15 is 0 Å². The molecule has 0 spiro atoms. The number of carbonyl (C=O) groups excluding carboxylic acids is 1. The standard InChI is InChI=1S/C13H24O4/c1-6-17-12(16)8-13(9(2)3,10(4)5)7-11(14)15/h9-10H,6-8H2,1-5H3,(H,14,15). The van der Waals surface area contributed by atoms with E-state index < -0.39 is 11.4 Å². The highest BCUT2D eigenvalue weighted by Gasteiger charge is 2.41. The normalized spacial score (nSPS) is 11.9. The van der Waals surface area contributed by atoms with Crippen molar-refractivity contribution in [1.82, 2.24) is 0 Å². The molecule has 0 aliphatic rings. The molecule has 0 aliphatic heterocycles. The Labute approximate surface area is 103 Å². The van der Waals surface area contributed by atoms with Crippen LogP contribution in [0.15, 0.2) is 0 Å². The molecular weight excluding hydrogens is 220 g/mol. The Balaban J connectivity index is 5.04. The number of hydrogen-bond donors (Lipinski definition) is 1. The molecule has 0 bridgehead atoms. The van der Waals surface area contributed by atoms with Crippen LogP contribution >= 0.6 is 0 Å². The monoisotopic (exact) mass is 244 g/mol. The first-order valence-electron chi connectivity index (χ1n) is 6.13. The smallest absolute Gasteiger partial charge is 0.306 e. The third-order valence-electron chi connectivity index (χ3n) is 3.56. The van der Waals surface area contributed by atoms with E-state index in [2.05, 4.69) is 0 Å². The van der Waals surface area contributed by atoms with E-state index in [1.54, 1.807) is 6.92 Å².